The number of hydrogen-bond donors (Lipinski definition) is 3. The molecule has 0 aliphatic heterocycles. The van der Waals surface area contributed by atoms with E-state index >= 15 is 0 Å². The first kappa shape index (κ1) is 16.0. The maximum absolute atomic E-state index is 10.6. The molecule has 3 N–H and O–H groups in total. The molecule has 118 valence electrons. The van der Waals surface area contributed by atoms with Gasteiger partial charge in [0.15, 0.2) is 0 Å². The fourth-order valence-electron chi connectivity index (χ4n) is 2.84. The predicted octanol–water partition coefficient (Wildman–Crippen LogP) is 3.06. The van der Waals surface area contributed by atoms with Gasteiger partial charge in [0.25, 0.3) is 0 Å². The molecule has 1 heterocycles. The molecule has 1 aliphatic carbocycles. The molecule has 5 heteroatoms. The molecule has 1 fully saturated rings. The highest BCUT2D eigenvalue weighted by atomic mass is 16.3. The van der Waals surface area contributed by atoms with Gasteiger partial charge in [-0.15, -0.1) is 0 Å². The molecular weight excluding hydrogens is 264 g/mol. The highest BCUT2D eigenvalue weighted by molar-refractivity contribution is 5.57. The fraction of sp³-hybridized carbons (Fsp3) is 0.750. The summed E-state index contributed by atoms with van der Waals surface area (Å²) in [5.41, 5.74) is 0.411. The SMILES string of the molecule is CNc1nc(C(C)C)nc(NCC2(O)CCCCC2)c1C. The molecule has 2 rings (SSSR count). The van der Waals surface area contributed by atoms with Crippen LogP contribution in [0.5, 0.6) is 0 Å². The molecule has 1 aromatic heterocycles. The lowest BCUT2D eigenvalue weighted by atomic mass is 9.85. The minimum absolute atomic E-state index is 0.274. The smallest absolute Gasteiger partial charge is 0.135 e. The van der Waals surface area contributed by atoms with E-state index in [1.54, 1.807) is 0 Å². The van der Waals surface area contributed by atoms with E-state index in [1.165, 1.54) is 6.42 Å². The van der Waals surface area contributed by atoms with Gasteiger partial charge in [-0.3, -0.25) is 0 Å². The van der Waals surface area contributed by atoms with Crippen LogP contribution in [-0.4, -0.2) is 34.3 Å². The summed E-state index contributed by atoms with van der Waals surface area (Å²) in [7, 11) is 1.87. The van der Waals surface area contributed by atoms with Crippen LogP contribution in [0.2, 0.25) is 0 Å². The molecule has 0 bridgehead atoms. The van der Waals surface area contributed by atoms with E-state index in [0.717, 1.165) is 48.7 Å². The van der Waals surface area contributed by atoms with Crippen molar-refractivity contribution in [2.75, 3.05) is 24.2 Å². The number of hydrogen-bond acceptors (Lipinski definition) is 5. The quantitative estimate of drug-likeness (QED) is 0.778. The molecule has 1 aromatic rings. The molecule has 5 nitrogen and oxygen atoms in total. The largest absolute Gasteiger partial charge is 0.388 e. The normalized spacial score (nSPS) is 17.8. The van der Waals surface area contributed by atoms with Crippen molar-refractivity contribution in [1.82, 2.24) is 9.97 Å². The Kier molecular flexibility index (Phi) is 5.04. The van der Waals surface area contributed by atoms with Crippen LogP contribution in [0, 0.1) is 6.92 Å². The highest BCUT2D eigenvalue weighted by Crippen LogP contribution is 2.29. The van der Waals surface area contributed by atoms with Gasteiger partial charge in [-0.25, -0.2) is 9.97 Å². The Morgan fingerprint density at radius 1 is 1.14 bits per heavy atom. The van der Waals surface area contributed by atoms with Crippen LogP contribution >= 0.6 is 0 Å². The second-order valence-electron chi connectivity index (χ2n) is 6.45. The van der Waals surface area contributed by atoms with Crippen LogP contribution in [0.25, 0.3) is 0 Å². The lowest BCUT2D eigenvalue weighted by Crippen LogP contribution is -2.39. The maximum atomic E-state index is 10.6. The van der Waals surface area contributed by atoms with Crippen molar-refractivity contribution < 1.29 is 5.11 Å². The van der Waals surface area contributed by atoms with Crippen LogP contribution in [0.15, 0.2) is 0 Å². The number of anilines is 2. The Labute approximate surface area is 127 Å². The Morgan fingerprint density at radius 2 is 1.76 bits per heavy atom. The molecular formula is C16H28N4O. The van der Waals surface area contributed by atoms with Gasteiger partial charge in [0.05, 0.1) is 5.60 Å². The van der Waals surface area contributed by atoms with Crippen molar-refractivity contribution in [3.8, 4) is 0 Å². The average molecular weight is 292 g/mol. The van der Waals surface area contributed by atoms with Gasteiger partial charge in [-0.2, -0.15) is 0 Å². The number of aliphatic hydroxyl groups is 1. The van der Waals surface area contributed by atoms with E-state index in [9.17, 15) is 5.11 Å². The van der Waals surface area contributed by atoms with E-state index in [0.29, 0.717) is 6.54 Å². The molecule has 0 atom stereocenters. The van der Waals surface area contributed by atoms with Crippen molar-refractivity contribution in [3.05, 3.63) is 11.4 Å². The standard InChI is InChI=1S/C16H28N4O/c1-11(2)13-19-14(17-4)12(3)15(20-13)18-10-16(21)8-6-5-7-9-16/h11,21H,5-10H2,1-4H3,(H2,17,18,19,20). The van der Waals surface area contributed by atoms with Crippen molar-refractivity contribution in [2.24, 2.45) is 0 Å². The number of nitrogens with one attached hydrogen (secondary N) is 2. The third kappa shape index (κ3) is 3.84. The lowest BCUT2D eigenvalue weighted by molar-refractivity contribution is 0.0166. The Bertz CT molecular complexity index is 481. The molecule has 21 heavy (non-hydrogen) atoms. The minimum Gasteiger partial charge on any atom is -0.388 e. The summed E-state index contributed by atoms with van der Waals surface area (Å²) in [5, 5.41) is 17.1. The molecule has 0 amide bonds. The average Bonchev–Trinajstić information content (AvgIpc) is 2.46. The molecule has 1 saturated carbocycles. The van der Waals surface area contributed by atoms with Crippen LogP contribution in [0.3, 0.4) is 0 Å². The van der Waals surface area contributed by atoms with E-state index in [1.807, 2.05) is 14.0 Å². The second kappa shape index (κ2) is 6.60. The molecule has 1 aliphatic rings. The first-order chi connectivity index (χ1) is 9.95. The van der Waals surface area contributed by atoms with E-state index < -0.39 is 5.60 Å². The third-order valence-electron chi connectivity index (χ3n) is 4.29. The summed E-state index contributed by atoms with van der Waals surface area (Å²) in [4.78, 5) is 9.16. The zero-order valence-electron chi connectivity index (χ0n) is 13.7. The lowest BCUT2D eigenvalue weighted by Gasteiger charge is -2.32. The number of aromatic nitrogens is 2. The number of nitrogens with zero attached hydrogens (tertiary/aromatic N) is 2. The Balaban J connectivity index is 2.16. The van der Waals surface area contributed by atoms with Crippen LogP contribution in [-0.2, 0) is 0 Å². The Hall–Kier alpha value is -1.36. The molecule has 0 saturated heterocycles. The summed E-state index contributed by atoms with van der Waals surface area (Å²) >= 11 is 0. The van der Waals surface area contributed by atoms with Gasteiger partial charge in [0, 0.05) is 25.1 Å². The topological polar surface area (TPSA) is 70.1 Å². The summed E-state index contributed by atoms with van der Waals surface area (Å²) in [5.74, 6) is 2.78. The van der Waals surface area contributed by atoms with Crippen molar-refractivity contribution in [1.29, 1.82) is 0 Å². The van der Waals surface area contributed by atoms with Crippen LogP contribution in [0.4, 0.5) is 11.6 Å². The maximum Gasteiger partial charge on any atom is 0.135 e. The zero-order valence-corrected chi connectivity index (χ0v) is 13.7. The molecule has 0 radical (unpaired) electrons. The summed E-state index contributed by atoms with van der Waals surface area (Å²) in [6, 6.07) is 0. The monoisotopic (exact) mass is 292 g/mol. The van der Waals surface area contributed by atoms with E-state index in [2.05, 4.69) is 34.4 Å². The third-order valence-corrected chi connectivity index (χ3v) is 4.29. The van der Waals surface area contributed by atoms with Gasteiger partial charge in [0.2, 0.25) is 0 Å². The van der Waals surface area contributed by atoms with Gasteiger partial charge < -0.3 is 15.7 Å². The minimum atomic E-state index is -0.590. The Morgan fingerprint density at radius 3 is 2.33 bits per heavy atom. The molecule has 0 unspecified atom stereocenters. The zero-order chi connectivity index (χ0) is 15.5. The molecule has 0 spiro atoms. The molecule has 0 aromatic carbocycles. The van der Waals surface area contributed by atoms with Crippen molar-refractivity contribution >= 4 is 11.6 Å². The summed E-state index contributed by atoms with van der Waals surface area (Å²) in [6.45, 7) is 6.74. The predicted molar refractivity (Wildman–Crippen MR) is 86.9 cm³/mol. The van der Waals surface area contributed by atoms with Gasteiger partial charge in [-0.1, -0.05) is 33.1 Å². The van der Waals surface area contributed by atoms with Crippen molar-refractivity contribution in [2.45, 2.75) is 64.4 Å². The highest BCUT2D eigenvalue weighted by Gasteiger charge is 2.29. The van der Waals surface area contributed by atoms with Crippen molar-refractivity contribution in [3.63, 3.8) is 0 Å². The van der Waals surface area contributed by atoms with Gasteiger partial charge >= 0.3 is 0 Å². The van der Waals surface area contributed by atoms with Gasteiger partial charge in [0.1, 0.15) is 17.5 Å². The van der Waals surface area contributed by atoms with Crippen LogP contribution in [0.1, 0.15) is 63.3 Å². The summed E-state index contributed by atoms with van der Waals surface area (Å²) in [6.07, 6.45) is 5.20. The van der Waals surface area contributed by atoms with Crippen LogP contribution < -0.4 is 10.6 Å². The first-order valence-electron chi connectivity index (χ1n) is 7.98. The first-order valence-corrected chi connectivity index (χ1v) is 7.98. The van der Waals surface area contributed by atoms with Gasteiger partial charge in [-0.05, 0) is 19.8 Å². The fourth-order valence-corrected chi connectivity index (χ4v) is 2.84. The second-order valence-corrected chi connectivity index (χ2v) is 6.45. The summed E-state index contributed by atoms with van der Waals surface area (Å²) < 4.78 is 0. The van der Waals surface area contributed by atoms with E-state index in [-0.39, 0.29) is 5.92 Å². The number of rotatable bonds is 5. The van der Waals surface area contributed by atoms with E-state index in [4.69, 9.17) is 0 Å².